The molecule has 2 heterocycles. The number of imidazole rings is 1. The maximum Gasteiger partial charge on any atom is 0.254 e. The van der Waals surface area contributed by atoms with Crippen LogP contribution < -0.4 is 10.1 Å². The highest BCUT2D eigenvalue weighted by atomic mass is 32.1. The Morgan fingerprint density at radius 2 is 2.12 bits per heavy atom. The average molecular weight is 343 g/mol. The molecule has 7 heteroatoms. The predicted octanol–water partition coefficient (Wildman–Crippen LogP) is 3.62. The van der Waals surface area contributed by atoms with E-state index in [4.69, 9.17) is 17.0 Å². The van der Waals surface area contributed by atoms with Gasteiger partial charge in [0.15, 0.2) is 4.77 Å². The third kappa shape index (κ3) is 2.56. The Labute approximate surface area is 141 Å². The van der Waals surface area contributed by atoms with Crippen LogP contribution in [0.2, 0.25) is 0 Å². The van der Waals surface area contributed by atoms with Gasteiger partial charge in [-0.3, -0.25) is 4.79 Å². The van der Waals surface area contributed by atoms with E-state index in [9.17, 15) is 9.18 Å². The van der Waals surface area contributed by atoms with E-state index < -0.39 is 5.82 Å². The minimum absolute atomic E-state index is 0.178. The lowest BCUT2D eigenvalue weighted by Crippen LogP contribution is -2.32. The Morgan fingerprint density at radius 3 is 3.00 bits per heavy atom. The van der Waals surface area contributed by atoms with Gasteiger partial charge in [0.05, 0.1) is 29.2 Å². The van der Waals surface area contributed by atoms with E-state index >= 15 is 0 Å². The van der Waals surface area contributed by atoms with Crippen LogP contribution in [0.3, 0.4) is 0 Å². The van der Waals surface area contributed by atoms with E-state index in [1.165, 1.54) is 12.1 Å². The van der Waals surface area contributed by atoms with Gasteiger partial charge in [0.2, 0.25) is 0 Å². The normalized spacial score (nSPS) is 16.5. The number of rotatable bonds is 2. The predicted molar refractivity (Wildman–Crippen MR) is 90.2 cm³/mol. The first-order chi connectivity index (χ1) is 11.6. The highest BCUT2D eigenvalue weighted by molar-refractivity contribution is 7.71. The lowest BCUT2D eigenvalue weighted by Gasteiger charge is -2.26. The van der Waals surface area contributed by atoms with Crippen molar-refractivity contribution in [3.05, 3.63) is 58.1 Å². The third-order valence-corrected chi connectivity index (χ3v) is 4.30. The number of hydrogen-bond acceptors (Lipinski definition) is 3. The number of hydrogen-bond donors (Lipinski definition) is 3. The molecule has 3 aromatic rings. The topological polar surface area (TPSA) is 69.9 Å². The zero-order valence-corrected chi connectivity index (χ0v) is 13.4. The number of fused-ring (bicyclic) bond motifs is 2. The lowest BCUT2D eigenvalue weighted by molar-refractivity contribution is 0.0926. The minimum Gasteiger partial charge on any atom is -0.493 e. The number of halogens is 1. The van der Waals surface area contributed by atoms with E-state index in [0.29, 0.717) is 28.8 Å². The Morgan fingerprint density at radius 1 is 1.29 bits per heavy atom. The molecule has 0 fully saturated rings. The van der Waals surface area contributed by atoms with Crippen molar-refractivity contribution < 1.29 is 13.9 Å². The van der Waals surface area contributed by atoms with Gasteiger partial charge >= 0.3 is 0 Å². The Hall–Kier alpha value is -2.67. The summed E-state index contributed by atoms with van der Waals surface area (Å²) < 4.78 is 19.8. The van der Waals surface area contributed by atoms with Crippen molar-refractivity contribution in [3.63, 3.8) is 0 Å². The van der Waals surface area contributed by atoms with E-state index in [1.807, 2.05) is 24.3 Å². The fourth-order valence-electron chi connectivity index (χ4n) is 3.01. The van der Waals surface area contributed by atoms with Crippen LogP contribution in [0.5, 0.6) is 5.75 Å². The second kappa shape index (κ2) is 5.76. The Kier molecular flexibility index (Phi) is 3.57. The number of para-hydroxylation sites is 1. The number of aromatic amines is 2. The summed E-state index contributed by atoms with van der Waals surface area (Å²) in [5.74, 6) is -0.0868. The zero-order valence-electron chi connectivity index (χ0n) is 12.6. The number of carbonyl (C=O) groups is 1. The van der Waals surface area contributed by atoms with Crippen LogP contribution in [-0.4, -0.2) is 22.5 Å². The maximum atomic E-state index is 13.8. The summed E-state index contributed by atoms with van der Waals surface area (Å²) in [4.78, 5) is 18.4. The first kappa shape index (κ1) is 14.9. The number of H-pyrrole nitrogens is 2. The van der Waals surface area contributed by atoms with Gasteiger partial charge in [0, 0.05) is 12.0 Å². The molecule has 1 aromatic heterocycles. The van der Waals surface area contributed by atoms with E-state index in [1.54, 1.807) is 0 Å². The summed E-state index contributed by atoms with van der Waals surface area (Å²) in [6.45, 7) is 0.521. The molecule has 2 aromatic carbocycles. The number of benzene rings is 2. The number of nitrogens with one attached hydrogen (secondary N) is 3. The van der Waals surface area contributed by atoms with Crippen LogP contribution in [0.15, 0.2) is 36.4 Å². The molecule has 0 saturated carbocycles. The van der Waals surface area contributed by atoms with Crippen molar-refractivity contribution in [2.45, 2.75) is 12.5 Å². The van der Waals surface area contributed by atoms with Gasteiger partial charge in [-0.25, -0.2) is 4.39 Å². The number of carbonyl (C=O) groups excluding carboxylic acids is 1. The largest absolute Gasteiger partial charge is 0.493 e. The first-order valence-electron chi connectivity index (χ1n) is 7.56. The molecular weight excluding hydrogens is 329 g/mol. The number of aromatic nitrogens is 2. The molecule has 4 rings (SSSR count). The standard InChI is InChI=1S/C17H14FN3O2S/c18-9-7-11(15-13(8-9)20-17(24)21-15)16(22)19-12-5-6-23-14-4-2-1-3-10(12)14/h1-4,7-8,12H,5-6H2,(H,19,22)(H2,20,21,24). The molecule has 1 amide bonds. The Balaban J connectivity index is 1.70. The third-order valence-electron chi connectivity index (χ3n) is 4.10. The molecule has 0 spiro atoms. The van der Waals surface area contributed by atoms with Crippen molar-refractivity contribution in [1.82, 2.24) is 15.3 Å². The Bertz CT molecular complexity index is 995. The summed E-state index contributed by atoms with van der Waals surface area (Å²) in [6, 6.07) is 9.92. The van der Waals surface area contributed by atoms with Crippen molar-refractivity contribution in [2.24, 2.45) is 0 Å². The van der Waals surface area contributed by atoms with Gasteiger partial charge in [-0.2, -0.15) is 0 Å². The van der Waals surface area contributed by atoms with Crippen molar-refractivity contribution >= 4 is 29.2 Å². The van der Waals surface area contributed by atoms with E-state index in [2.05, 4.69) is 15.3 Å². The van der Waals surface area contributed by atoms with Gasteiger partial charge in [-0.1, -0.05) is 18.2 Å². The van der Waals surface area contributed by atoms with Crippen LogP contribution in [-0.2, 0) is 0 Å². The average Bonchev–Trinajstić information content (AvgIpc) is 2.94. The number of ether oxygens (including phenoxy) is 1. The fourth-order valence-corrected chi connectivity index (χ4v) is 3.23. The van der Waals surface area contributed by atoms with Crippen LogP contribution in [0, 0.1) is 10.6 Å². The van der Waals surface area contributed by atoms with Crippen LogP contribution in [0.25, 0.3) is 11.0 Å². The van der Waals surface area contributed by atoms with Crippen molar-refractivity contribution in [1.29, 1.82) is 0 Å². The van der Waals surface area contributed by atoms with Gasteiger partial charge in [0.1, 0.15) is 11.6 Å². The summed E-state index contributed by atoms with van der Waals surface area (Å²) in [6.07, 6.45) is 0.657. The van der Waals surface area contributed by atoms with Crippen molar-refractivity contribution in [3.8, 4) is 5.75 Å². The van der Waals surface area contributed by atoms with Gasteiger partial charge < -0.3 is 20.0 Å². The quantitative estimate of drug-likeness (QED) is 0.623. The monoisotopic (exact) mass is 343 g/mol. The highest BCUT2D eigenvalue weighted by Gasteiger charge is 2.24. The van der Waals surface area contributed by atoms with Crippen LogP contribution in [0.1, 0.15) is 28.4 Å². The highest BCUT2D eigenvalue weighted by Crippen LogP contribution is 2.32. The smallest absolute Gasteiger partial charge is 0.254 e. The zero-order chi connectivity index (χ0) is 16.7. The molecule has 0 saturated heterocycles. The molecule has 1 unspecified atom stereocenters. The second-order valence-electron chi connectivity index (χ2n) is 5.66. The van der Waals surface area contributed by atoms with Crippen LogP contribution >= 0.6 is 12.2 Å². The molecule has 24 heavy (non-hydrogen) atoms. The molecule has 1 aliphatic heterocycles. The molecule has 1 aliphatic rings. The molecule has 5 nitrogen and oxygen atoms in total. The van der Waals surface area contributed by atoms with Crippen molar-refractivity contribution in [2.75, 3.05) is 6.61 Å². The molecule has 0 aliphatic carbocycles. The van der Waals surface area contributed by atoms with E-state index in [0.717, 1.165) is 11.3 Å². The summed E-state index contributed by atoms with van der Waals surface area (Å²) in [7, 11) is 0. The maximum absolute atomic E-state index is 13.8. The molecule has 1 atom stereocenters. The summed E-state index contributed by atoms with van der Waals surface area (Å²) >= 11 is 5.03. The number of amides is 1. The fraction of sp³-hybridized carbons (Fsp3) is 0.176. The molecule has 122 valence electrons. The van der Waals surface area contributed by atoms with Gasteiger partial charge in [-0.15, -0.1) is 0 Å². The lowest BCUT2D eigenvalue weighted by atomic mass is 10.00. The second-order valence-corrected chi connectivity index (χ2v) is 6.06. The SMILES string of the molecule is O=C(NC1CCOc2ccccc21)c1cc(F)cc2[nH]c(=S)[nH]c12. The first-order valence-corrected chi connectivity index (χ1v) is 7.97. The molecule has 0 radical (unpaired) electrons. The van der Waals surface area contributed by atoms with E-state index in [-0.39, 0.29) is 17.5 Å². The summed E-state index contributed by atoms with van der Waals surface area (Å²) in [5, 5.41) is 2.97. The molecule has 3 N–H and O–H groups in total. The molecular formula is C17H14FN3O2S. The van der Waals surface area contributed by atoms with Gasteiger partial charge in [0.25, 0.3) is 5.91 Å². The van der Waals surface area contributed by atoms with Gasteiger partial charge in [-0.05, 0) is 30.4 Å². The summed E-state index contributed by atoms with van der Waals surface area (Å²) in [5.41, 5.74) is 2.12. The molecule has 0 bridgehead atoms. The van der Waals surface area contributed by atoms with Crippen LogP contribution in [0.4, 0.5) is 4.39 Å². The minimum atomic E-state index is -0.495.